The van der Waals surface area contributed by atoms with Gasteiger partial charge in [0.2, 0.25) is 0 Å². The fourth-order valence-electron chi connectivity index (χ4n) is 3.64. The van der Waals surface area contributed by atoms with Gasteiger partial charge >= 0.3 is 6.09 Å². The van der Waals surface area contributed by atoms with Crippen LogP contribution in [-0.4, -0.2) is 60.2 Å². The van der Waals surface area contributed by atoms with Gasteiger partial charge in [0.1, 0.15) is 12.1 Å². The van der Waals surface area contributed by atoms with Crippen LogP contribution in [0, 0.1) is 0 Å². The molecule has 0 radical (unpaired) electrons. The van der Waals surface area contributed by atoms with Gasteiger partial charge in [-0.1, -0.05) is 12.1 Å². The number of fused-ring (bicyclic) bond motifs is 1. The van der Waals surface area contributed by atoms with E-state index < -0.39 is 0 Å². The third-order valence-corrected chi connectivity index (χ3v) is 4.91. The van der Waals surface area contributed by atoms with Crippen LogP contribution in [0.2, 0.25) is 0 Å². The average molecular weight is 329 g/mol. The van der Waals surface area contributed by atoms with Crippen molar-refractivity contribution in [3.05, 3.63) is 30.2 Å². The van der Waals surface area contributed by atoms with E-state index in [0.29, 0.717) is 12.5 Å². The highest BCUT2D eigenvalue weighted by atomic mass is 16.6. The van der Waals surface area contributed by atoms with Crippen LogP contribution in [-0.2, 0) is 4.74 Å². The van der Waals surface area contributed by atoms with Crippen LogP contribution in [0.5, 0.6) is 0 Å². The van der Waals surface area contributed by atoms with Crippen molar-refractivity contribution in [3.8, 4) is 0 Å². The first-order valence-corrected chi connectivity index (χ1v) is 8.79. The van der Waals surface area contributed by atoms with Gasteiger partial charge in [-0.2, -0.15) is 0 Å². The number of hydrogen-bond acceptors (Lipinski definition) is 5. The second kappa shape index (κ2) is 6.81. The zero-order valence-electron chi connectivity index (χ0n) is 13.8. The summed E-state index contributed by atoms with van der Waals surface area (Å²) < 4.78 is 10.9. The molecule has 24 heavy (non-hydrogen) atoms. The van der Waals surface area contributed by atoms with Gasteiger partial charge in [0.25, 0.3) is 0 Å². The second-order valence-corrected chi connectivity index (χ2v) is 6.61. The number of cyclic esters (lactones) is 1. The molecule has 2 saturated heterocycles. The quantitative estimate of drug-likeness (QED) is 0.844. The smallest absolute Gasteiger partial charge is 0.409 e. The number of carbonyl (C=O) groups is 1. The Bertz CT molecular complexity index is 681. The minimum absolute atomic E-state index is 0.169. The molecule has 1 atom stereocenters. The number of nitrogens with zero attached hydrogens (tertiary/aromatic N) is 3. The zero-order chi connectivity index (χ0) is 16.4. The van der Waals surface area contributed by atoms with E-state index in [0.717, 1.165) is 69.0 Å². The number of piperidine rings is 1. The number of likely N-dealkylation sites (tertiary alicyclic amines) is 1. The van der Waals surface area contributed by atoms with Crippen molar-refractivity contribution >= 4 is 17.2 Å². The van der Waals surface area contributed by atoms with Crippen molar-refractivity contribution in [2.45, 2.75) is 25.2 Å². The van der Waals surface area contributed by atoms with Gasteiger partial charge in [0.15, 0.2) is 11.5 Å². The first-order valence-electron chi connectivity index (χ1n) is 8.79. The normalized spacial score (nSPS) is 22.2. The van der Waals surface area contributed by atoms with E-state index in [1.165, 1.54) is 0 Å². The summed E-state index contributed by atoms with van der Waals surface area (Å²) in [6.07, 6.45) is 3.10. The highest BCUT2D eigenvalue weighted by molar-refractivity contribution is 5.72. The molecule has 6 nitrogen and oxygen atoms in total. The molecule has 6 heteroatoms. The molecule has 1 aromatic heterocycles. The van der Waals surface area contributed by atoms with Crippen LogP contribution in [0.15, 0.2) is 28.7 Å². The van der Waals surface area contributed by atoms with Crippen LogP contribution in [0.3, 0.4) is 0 Å². The van der Waals surface area contributed by atoms with Crippen molar-refractivity contribution in [3.63, 3.8) is 0 Å². The molecule has 1 aromatic carbocycles. The highest BCUT2D eigenvalue weighted by Crippen LogP contribution is 2.29. The van der Waals surface area contributed by atoms with E-state index in [2.05, 4.69) is 9.88 Å². The Kier molecular flexibility index (Phi) is 4.38. The maximum absolute atomic E-state index is 11.4. The maximum atomic E-state index is 11.4. The maximum Gasteiger partial charge on any atom is 0.409 e. The number of amides is 1. The number of aromatic nitrogens is 1. The summed E-state index contributed by atoms with van der Waals surface area (Å²) in [7, 11) is 0. The average Bonchev–Trinajstić information content (AvgIpc) is 3.21. The first kappa shape index (κ1) is 15.4. The summed E-state index contributed by atoms with van der Waals surface area (Å²) in [5, 5.41) is 0. The van der Waals surface area contributed by atoms with Crippen molar-refractivity contribution in [2.75, 3.05) is 39.3 Å². The van der Waals surface area contributed by atoms with Gasteiger partial charge in [-0.25, -0.2) is 9.78 Å². The Morgan fingerprint density at radius 1 is 1.21 bits per heavy atom. The lowest BCUT2D eigenvalue weighted by Crippen LogP contribution is -2.37. The number of rotatable bonds is 5. The van der Waals surface area contributed by atoms with E-state index >= 15 is 0 Å². The molecule has 2 fully saturated rings. The van der Waals surface area contributed by atoms with Gasteiger partial charge in [0, 0.05) is 19.0 Å². The van der Waals surface area contributed by atoms with E-state index in [9.17, 15) is 4.79 Å². The minimum atomic E-state index is -0.169. The Morgan fingerprint density at radius 2 is 2.12 bits per heavy atom. The van der Waals surface area contributed by atoms with Crippen LogP contribution in [0.1, 0.15) is 31.1 Å². The van der Waals surface area contributed by atoms with Crippen molar-refractivity contribution in [1.82, 2.24) is 14.8 Å². The minimum Gasteiger partial charge on any atom is -0.448 e. The lowest BCUT2D eigenvalue weighted by Gasteiger charge is -2.31. The van der Waals surface area contributed by atoms with Gasteiger partial charge in [-0.15, -0.1) is 0 Å². The summed E-state index contributed by atoms with van der Waals surface area (Å²) in [5.41, 5.74) is 1.81. The molecule has 0 bridgehead atoms. The van der Waals surface area contributed by atoms with Crippen LogP contribution in [0.25, 0.3) is 11.1 Å². The predicted octanol–water partition coefficient (Wildman–Crippen LogP) is 2.85. The topological polar surface area (TPSA) is 58.8 Å². The lowest BCUT2D eigenvalue weighted by molar-refractivity contribution is 0.153. The van der Waals surface area contributed by atoms with Crippen molar-refractivity contribution in [1.29, 1.82) is 0 Å². The third kappa shape index (κ3) is 3.24. The fraction of sp³-hybridized carbons (Fsp3) is 0.556. The zero-order valence-corrected chi connectivity index (χ0v) is 13.8. The number of oxazole rings is 1. The molecular weight excluding hydrogens is 306 g/mol. The standard InChI is InChI=1S/C18H23N3O3/c22-18-21(11-12-23-18)10-4-9-20-8-3-5-14(13-20)17-19-15-6-1-2-7-16(15)24-17/h1-2,6-7,14H,3-5,8-13H2. The number of para-hydroxylation sites is 2. The van der Waals surface area contributed by atoms with Gasteiger partial charge in [-0.3, -0.25) is 0 Å². The van der Waals surface area contributed by atoms with E-state index in [1.807, 2.05) is 24.3 Å². The summed E-state index contributed by atoms with van der Waals surface area (Å²) in [4.78, 5) is 20.4. The molecule has 0 spiro atoms. The molecule has 2 aromatic rings. The number of carbonyl (C=O) groups excluding carboxylic acids is 1. The van der Waals surface area contributed by atoms with Crippen LogP contribution in [0.4, 0.5) is 4.79 Å². The third-order valence-electron chi connectivity index (χ3n) is 4.91. The summed E-state index contributed by atoms with van der Waals surface area (Å²) in [6, 6.07) is 7.94. The molecule has 1 amide bonds. The molecule has 1 unspecified atom stereocenters. The molecule has 0 N–H and O–H groups in total. The summed E-state index contributed by atoms with van der Waals surface area (Å²) in [6.45, 7) is 5.13. The summed E-state index contributed by atoms with van der Waals surface area (Å²) in [5.74, 6) is 1.23. The molecule has 0 aliphatic carbocycles. The van der Waals surface area contributed by atoms with Crippen molar-refractivity contribution in [2.24, 2.45) is 0 Å². The molecule has 3 heterocycles. The van der Waals surface area contributed by atoms with Crippen molar-refractivity contribution < 1.29 is 13.9 Å². The number of ether oxygens (including phenoxy) is 1. The monoisotopic (exact) mass is 329 g/mol. The lowest BCUT2D eigenvalue weighted by atomic mass is 9.98. The first-order chi connectivity index (χ1) is 11.8. The predicted molar refractivity (Wildman–Crippen MR) is 90.0 cm³/mol. The molecule has 4 rings (SSSR count). The van der Waals surface area contributed by atoms with Gasteiger partial charge in [-0.05, 0) is 44.5 Å². The Hall–Kier alpha value is -2.08. The largest absolute Gasteiger partial charge is 0.448 e. The molecule has 2 aliphatic rings. The van der Waals surface area contributed by atoms with Crippen LogP contribution < -0.4 is 0 Å². The van der Waals surface area contributed by atoms with Crippen LogP contribution >= 0.6 is 0 Å². The molecule has 128 valence electrons. The fourth-order valence-corrected chi connectivity index (χ4v) is 3.64. The summed E-state index contributed by atoms with van der Waals surface area (Å²) >= 11 is 0. The molecule has 2 aliphatic heterocycles. The van der Waals surface area contributed by atoms with E-state index in [4.69, 9.17) is 9.15 Å². The van der Waals surface area contributed by atoms with Gasteiger partial charge in [0.05, 0.1) is 6.54 Å². The van der Waals surface area contributed by atoms with E-state index in [-0.39, 0.29) is 6.09 Å². The molecular formula is C18H23N3O3. The Balaban J connectivity index is 1.32. The van der Waals surface area contributed by atoms with Gasteiger partial charge < -0.3 is 19.0 Å². The second-order valence-electron chi connectivity index (χ2n) is 6.61. The Morgan fingerprint density at radius 3 is 2.96 bits per heavy atom. The van der Waals surface area contributed by atoms with E-state index in [1.54, 1.807) is 4.90 Å². The number of hydrogen-bond donors (Lipinski definition) is 0. The SMILES string of the molecule is O=C1OCCN1CCCN1CCCC(c2nc3ccccc3o2)C1. The molecule has 0 saturated carbocycles. The highest BCUT2D eigenvalue weighted by Gasteiger charge is 2.26. The number of benzene rings is 1. The Labute approximate surface area is 141 Å².